The van der Waals surface area contributed by atoms with E-state index in [9.17, 15) is 4.79 Å². The third-order valence-electron chi connectivity index (χ3n) is 3.33. The summed E-state index contributed by atoms with van der Waals surface area (Å²) in [6.45, 7) is 10.5. The van der Waals surface area contributed by atoms with Gasteiger partial charge in [-0.1, -0.05) is 49.9 Å². The molecule has 122 valence electrons. The number of aromatic nitrogens is 3. The Morgan fingerprint density at radius 1 is 1.39 bits per heavy atom. The zero-order valence-electron chi connectivity index (χ0n) is 13.7. The summed E-state index contributed by atoms with van der Waals surface area (Å²) in [5.41, 5.74) is 1.89. The molecule has 1 N–H and O–H groups in total. The van der Waals surface area contributed by atoms with E-state index in [0.717, 1.165) is 22.2 Å². The zero-order chi connectivity index (χ0) is 16.8. The van der Waals surface area contributed by atoms with E-state index in [1.807, 2.05) is 41.8 Å². The average Bonchev–Trinajstić information content (AvgIpc) is 2.91. The molecule has 0 aliphatic carbocycles. The Hall–Kier alpha value is -2.08. The van der Waals surface area contributed by atoms with Crippen molar-refractivity contribution in [3.8, 4) is 0 Å². The van der Waals surface area contributed by atoms with Gasteiger partial charge in [0.25, 0.3) is 0 Å². The quantitative estimate of drug-likeness (QED) is 0.622. The number of carbonyl (C=O) groups is 1. The van der Waals surface area contributed by atoms with E-state index in [1.165, 1.54) is 11.8 Å². The first-order valence-electron chi connectivity index (χ1n) is 7.55. The monoisotopic (exact) mass is 330 g/mol. The topological polar surface area (TPSA) is 59.8 Å². The molecule has 0 unspecified atom stereocenters. The molecule has 0 saturated heterocycles. The number of hydrogen-bond donors (Lipinski definition) is 1. The van der Waals surface area contributed by atoms with Crippen LogP contribution in [-0.2, 0) is 11.3 Å². The van der Waals surface area contributed by atoms with Gasteiger partial charge in [-0.15, -0.1) is 16.8 Å². The molecule has 0 spiro atoms. The number of hydrogen-bond acceptors (Lipinski definition) is 4. The Kier molecular flexibility index (Phi) is 5.98. The van der Waals surface area contributed by atoms with Gasteiger partial charge in [-0.2, -0.15) is 0 Å². The second-order valence-corrected chi connectivity index (χ2v) is 6.49. The van der Waals surface area contributed by atoms with Gasteiger partial charge in [-0.25, -0.2) is 0 Å². The molecule has 2 aromatic rings. The third kappa shape index (κ3) is 4.45. The lowest BCUT2D eigenvalue weighted by Gasteiger charge is -2.10. The van der Waals surface area contributed by atoms with Crippen molar-refractivity contribution in [3.05, 3.63) is 48.3 Å². The van der Waals surface area contributed by atoms with E-state index in [-0.39, 0.29) is 11.8 Å². The summed E-state index contributed by atoms with van der Waals surface area (Å²) >= 11 is 1.39. The predicted molar refractivity (Wildman–Crippen MR) is 94.8 cm³/mol. The maximum absolute atomic E-state index is 12.1. The molecule has 1 aromatic carbocycles. The fourth-order valence-corrected chi connectivity index (χ4v) is 2.92. The highest BCUT2D eigenvalue weighted by Gasteiger charge is 2.15. The molecule has 0 atom stereocenters. The van der Waals surface area contributed by atoms with Gasteiger partial charge >= 0.3 is 0 Å². The molecule has 1 aromatic heterocycles. The van der Waals surface area contributed by atoms with E-state index in [0.29, 0.717) is 12.3 Å². The van der Waals surface area contributed by atoms with Crippen LogP contribution in [0.15, 0.2) is 42.1 Å². The van der Waals surface area contributed by atoms with Crippen molar-refractivity contribution in [2.75, 3.05) is 11.1 Å². The molecule has 0 aliphatic heterocycles. The Morgan fingerprint density at radius 3 is 2.78 bits per heavy atom. The normalized spacial score (nSPS) is 10.8. The minimum absolute atomic E-state index is 0.0523. The fraction of sp³-hybridized carbons (Fsp3) is 0.353. The minimum Gasteiger partial charge on any atom is -0.325 e. The first-order valence-corrected chi connectivity index (χ1v) is 8.53. The van der Waals surface area contributed by atoms with Crippen LogP contribution in [0, 0.1) is 6.92 Å². The minimum atomic E-state index is -0.0523. The summed E-state index contributed by atoms with van der Waals surface area (Å²) in [6, 6.07) is 7.73. The van der Waals surface area contributed by atoms with E-state index >= 15 is 0 Å². The molecular weight excluding hydrogens is 308 g/mol. The van der Waals surface area contributed by atoms with Crippen molar-refractivity contribution in [2.24, 2.45) is 0 Å². The molecule has 1 heterocycles. The summed E-state index contributed by atoms with van der Waals surface area (Å²) in [5.74, 6) is 1.43. The number of benzene rings is 1. The van der Waals surface area contributed by atoms with Crippen molar-refractivity contribution >= 4 is 23.4 Å². The number of rotatable bonds is 7. The molecule has 1 amide bonds. The summed E-state index contributed by atoms with van der Waals surface area (Å²) in [5, 5.41) is 12.1. The van der Waals surface area contributed by atoms with E-state index in [1.54, 1.807) is 0 Å². The number of nitrogens with zero attached hydrogens (tertiary/aromatic N) is 3. The first kappa shape index (κ1) is 17.3. The average molecular weight is 330 g/mol. The van der Waals surface area contributed by atoms with E-state index in [2.05, 4.69) is 35.9 Å². The Labute approximate surface area is 141 Å². The molecule has 0 bridgehead atoms. The van der Waals surface area contributed by atoms with Crippen LogP contribution in [0.5, 0.6) is 0 Å². The number of anilines is 1. The van der Waals surface area contributed by atoms with Gasteiger partial charge in [0.1, 0.15) is 5.82 Å². The van der Waals surface area contributed by atoms with Crippen molar-refractivity contribution in [1.29, 1.82) is 0 Å². The second-order valence-electron chi connectivity index (χ2n) is 5.55. The van der Waals surface area contributed by atoms with Crippen molar-refractivity contribution in [2.45, 2.75) is 38.4 Å². The first-order chi connectivity index (χ1) is 11.0. The molecule has 2 rings (SSSR count). The SMILES string of the molecule is C=CCn1c(SCC(=O)Nc2ccccc2C)nnc1C(C)C. The molecule has 0 radical (unpaired) electrons. The number of amides is 1. The number of aryl methyl sites for hydroxylation is 1. The number of thioether (sulfide) groups is 1. The van der Waals surface area contributed by atoms with Gasteiger partial charge < -0.3 is 9.88 Å². The smallest absolute Gasteiger partial charge is 0.234 e. The van der Waals surface area contributed by atoms with Crippen molar-refractivity contribution in [3.63, 3.8) is 0 Å². The lowest BCUT2D eigenvalue weighted by atomic mass is 10.2. The highest BCUT2D eigenvalue weighted by molar-refractivity contribution is 7.99. The van der Waals surface area contributed by atoms with Crippen LogP contribution < -0.4 is 5.32 Å². The van der Waals surface area contributed by atoms with Crippen molar-refractivity contribution < 1.29 is 4.79 Å². The Morgan fingerprint density at radius 2 is 2.13 bits per heavy atom. The molecule has 6 heteroatoms. The van der Waals surface area contributed by atoms with Crippen LogP contribution in [0.4, 0.5) is 5.69 Å². The molecule has 23 heavy (non-hydrogen) atoms. The summed E-state index contributed by atoms with van der Waals surface area (Å²) < 4.78 is 2.00. The fourth-order valence-electron chi connectivity index (χ4n) is 2.16. The van der Waals surface area contributed by atoms with Gasteiger partial charge in [0.2, 0.25) is 5.91 Å². The number of allylic oxidation sites excluding steroid dienone is 1. The molecule has 0 fully saturated rings. The largest absolute Gasteiger partial charge is 0.325 e. The Balaban J connectivity index is 2.02. The van der Waals surface area contributed by atoms with Gasteiger partial charge in [0.15, 0.2) is 5.16 Å². The van der Waals surface area contributed by atoms with Gasteiger partial charge in [0, 0.05) is 18.2 Å². The highest BCUT2D eigenvalue weighted by Crippen LogP contribution is 2.22. The van der Waals surface area contributed by atoms with Crippen LogP contribution >= 0.6 is 11.8 Å². The van der Waals surface area contributed by atoms with Crippen LogP contribution in [0.2, 0.25) is 0 Å². The lowest BCUT2D eigenvalue weighted by Crippen LogP contribution is -2.15. The lowest BCUT2D eigenvalue weighted by molar-refractivity contribution is -0.113. The molecular formula is C17H22N4OS. The maximum Gasteiger partial charge on any atom is 0.234 e. The van der Waals surface area contributed by atoms with Crippen molar-refractivity contribution in [1.82, 2.24) is 14.8 Å². The number of para-hydroxylation sites is 1. The standard InChI is InChI=1S/C17H22N4OS/c1-5-10-21-16(12(2)3)19-20-17(21)23-11-15(22)18-14-9-7-6-8-13(14)4/h5-9,12H,1,10-11H2,2-4H3,(H,18,22). The van der Waals surface area contributed by atoms with Gasteiger partial charge in [-0.05, 0) is 18.6 Å². The molecule has 5 nitrogen and oxygen atoms in total. The van der Waals surface area contributed by atoms with Crippen LogP contribution in [-0.4, -0.2) is 26.4 Å². The maximum atomic E-state index is 12.1. The highest BCUT2D eigenvalue weighted by atomic mass is 32.2. The number of carbonyl (C=O) groups excluding carboxylic acids is 1. The summed E-state index contributed by atoms with van der Waals surface area (Å²) in [7, 11) is 0. The number of nitrogens with one attached hydrogen (secondary N) is 1. The van der Waals surface area contributed by atoms with Crippen LogP contribution in [0.3, 0.4) is 0 Å². The van der Waals surface area contributed by atoms with Gasteiger partial charge in [0.05, 0.1) is 5.75 Å². The van der Waals surface area contributed by atoms with Crippen LogP contribution in [0.1, 0.15) is 31.2 Å². The third-order valence-corrected chi connectivity index (χ3v) is 4.29. The van der Waals surface area contributed by atoms with E-state index < -0.39 is 0 Å². The van der Waals surface area contributed by atoms with Gasteiger partial charge in [-0.3, -0.25) is 4.79 Å². The molecule has 0 saturated carbocycles. The second kappa shape index (κ2) is 7.97. The Bertz CT molecular complexity index is 694. The van der Waals surface area contributed by atoms with E-state index in [4.69, 9.17) is 0 Å². The summed E-state index contributed by atoms with van der Waals surface area (Å²) in [4.78, 5) is 12.1. The summed E-state index contributed by atoms with van der Waals surface area (Å²) in [6.07, 6.45) is 1.81. The molecule has 0 aliphatic rings. The zero-order valence-corrected chi connectivity index (χ0v) is 14.6. The predicted octanol–water partition coefficient (Wildman–Crippen LogP) is 3.63. The van der Waals surface area contributed by atoms with Crippen LogP contribution in [0.25, 0.3) is 0 Å².